The highest BCUT2D eigenvalue weighted by Gasteiger charge is 2.18. The van der Waals surface area contributed by atoms with Gasteiger partial charge in [0.1, 0.15) is 11.5 Å². The van der Waals surface area contributed by atoms with Gasteiger partial charge in [0.05, 0.1) is 16.7 Å². The second-order valence-electron chi connectivity index (χ2n) is 3.85. The summed E-state index contributed by atoms with van der Waals surface area (Å²) in [5.74, 6) is 0.630. The third-order valence-electron chi connectivity index (χ3n) is 2.42. The van der Waals surface area contributed by atoms with Gasteiger partial charge in [0.15, 0.2) is 0 Å². The van der Waals surface area contributed by atoms with Gasteiger partial charge < -0.3 is 10.2 Å². The van der Waals surface area contributed by atoms with Crippen LogP contribution in [0.25, 0.3) is 11.3 Å². The number of halogens is 1. The summed E-state index contributed by atoms with van der Waals surface area (Å²) in [7, 11) is 0. The van der Waals surface area contributed by atoms with Gasteiger partial charge in [-0.2, -0.15) is 5.10 Å². The van der Waals surface area contributed by atoms with Gasteiger partial charge in [0, 0.05) is 10.5 Å². The maximum absolute atomic E-state index is 11.1. The minimum atomic E-state index is -0.804. The normalized spacial score (nSPS) is 10.7. The first-order valence-corrected chi connectivity index (χ1v) is 6.39. The highest BCUT2D eigenvalue weighted by atomic mass is 79.9. The van der Waals surface area contributed by atoms with E-state index in [4.69, 9.17) is 10.2 Å². The molecule has 0 saturated heterocycles. The van der Waals surface area contributed by atoms with Crippen LogP contribution in [0.2, 0.25) is 0 Å². The van der Waals surface area contributed by atoms with E-state index in [-0.39, 0.29) is 5.69 Å². The monoisotopic (exact) mass is 352 g/mol. The third-order valence-corrected chi connectivity index (χ3v) is 2.91. The summed E-state index contributed by atoms with van der Waals surface area (Å²) in [5, 5.41) is 14.6. The zero-order chi connectivity index (χ0) is 15.4. The summed E-state index contributed by atoms with van der Waals surface area (Å²) in [4.78, 5) is 21.0. The molecule has 2 amide bonds. The smallest absolute Gasteiger partial charge is 0.332 e. The number of benzene rings is 1. The number of furan rings is 1. The number of urea groups is 1. The minimum absolute atomic E-state index is 0.0857. The van der Waals surface area contributed by atoms with Crippen molar-refractivity contribution in [2.45, 2.75) is 0 Å². The molecule has 0 unspecified atom stereocenters. The molecule has 1 heterocycles. The molecule has 0 aliphatic carbocycles. The quantitative estimate of drug-likeness (QED) is 0.498. The van der Waals surface area contributed by atoms with Crippen LogP contribution in [0.3, 0.4) is 0 Å². The molecule has 1 aromatic carbocycles. The Bertz CT molecular complexity index is 726. The number of carbonyl (C=O) groups is 1. The van der Waals surface area contributed by atoms with E-state index in [1.54, 1.807) is 24.3 Å². The Labute approximate surface area is 126 Å². The number of carbonyl (C=O) groups excluding carboxylic acids is 1. The van der Waals surface area contributed by atoms with Gasteiger partial charge in [-0.05, 0) is 24.3 Å². The van der Waals surface area contributed by atoms with Crippen molar-refractivity contribution in [3.63, 3.8) is 0 Å². The number of nitro benzene ring substituents is 1. The predicted octanol–water partition coefficient (Wildman–Crippen LogP) is 2.62. The highest BCUT2D eigenvalue weighted by molar-refractivity contribution is 9.10. The van der Waals surface area contributed by atoms with Gasteiger partial charge in [0.2, 0.25) is 0 Å². The molecule has 2 aromatic rings. The van der Waals surface area contributed by atoms with Crippen molar-refractivity contribution in [1.29, 1.82) is 0 Å². The SMILES string of the molecule is NC(=O)NN=Cc1ccc(-c2ccc(Br)cc2[N+](=O)[O-])o1. The lowest BCUT2D eigenvalue weighted by molar-refractivity contribution is -0.384. The molecule has 3 N–H and O–H groups in total. The molecule has 21 heavy (non-hydrogen) atoms. The van der Waals surface area contributed by atoms with Crippen LogP contribution in [0, 0.1) is 10.1 Å². The van der Waals surface area contributed by atoms with Gasteiger partial charge in [-0.3, -0.25) is 10.1 Å². The summed E-state index contributed by atoms with van der Waals surface area (Å²) in [5.41, 5.74) is 7.11. The van der Waals surface area contributed by atoms with Gasteiger partial charge in [-0.1, -0.05) is 15.9 Å². The van der Waals surface area contributed by atoms with E-state index >= 15 is 0 Å². The van der Waals surface area contributed by atoms with Crippen molar-refractivity contribution in [3.05, 3.63) is 50.7 Å². The first-order chi connectivity index (χ1) is 9.97. The lowest BCUT2D eigenvalue weighted by Crippen LogP contribution is -2.24. The van der Waals surface area contributed by atoms with Crippen LogP contribution in [0.1, 0.15) is 5.76 Å². The highest BCUT2D eigenvalue weighted by Crippen LogP contribution is 2.33. The van der Waals surface area contributed by atoms with Crippen LogP contribution in [0.5, 0.6) is 0 Å². The van der Waals surface area contributed by atoms with E-state index in [9.17, 15) is 14.9 Å². The molecule has 9 heteroatoms. The van der Waals surface area contributed by atoms with E-state index < -0.39 is 11.0 Å². The van der Waals surface area contributed by atoms with E-state index in [0.29, 0.717) is 21.6 Å². The summed E-state index contributed by atoms with van der Waals surface area (Å²) >= 11 is 3.18. The summed E-state index contributed by atoms with van der Waals surface area (Å²) in [6.07, 6.45) is 1.24. The summed E-state index contributed by atoms with van der Waals surface area (Å²) in [6, 6.07) is 6.97. The second-order valence-corrected chi connectivity index (χ2v) is 4.77. The first-order valence-electron chi connectivity index (χ1n) is 5.60. The molecule has 0 aliphatic rings. The fourth-order valence-corrected chi connectivity index (χ4v) is 1.94. The fourth-order valence-electron chi connectivity index (χ4n) is 1.59. The average Bonchev–Trinajstić information content (AvgIpc) is 2.86. The van der Waals surface area contributed by atoms with Gasteiger partial charge in [0.25, 0.3) is 5.69 Å². The largest absolute Gasteiger partial charge is 0.455 e. The van der Waals surface area contributed by atoms with Crippen molar-refractivity contribution in [1.82, 2.24) is 5.43 Å². The minimum Gasteiger partial charge on any atom is -0.455 e. The number of nitrogens with zero attached hydrogens (tertiary/aromatic N) is 2. The number of nitrogens with one attached hydrogen (secondary N) is 1. The third kappa shape index (κ3) is 3.66. The lowest BCUT2D eigenvalue weighted by Gasteiger charge is -2.00. The van der Waals surface area contributed by atoms with Crippen LogP contribution < -0.4 is 11.2 Å². The molecule has 0 radical (unpaired) electrons. The topological polar surface area (TPSA) is 124 Å². The Morgan fingerprint density at radius 3 is 2.86 bits per heavy atom. The molecule has 0 saturated carbocycles. The number of hydrogen-bond donors (Lipinski definition) is 2. The second kappa shape index (κ2) is 6.18. The molecular formula is C12H9BrN4O4. The molecular weight excluding hydrogens is 344 g/mol. The zero-order valence-electron chi connectivity index (χ0n) is 10.4. The number of hydrazone groups is 1. The van der Waals surface area contributed by atoms with Gasteiger partial charge in [-0.25, -0.2) is 10.2 Å². The number of primary amides is 1. The molecule has 8 nitrogen and oxygen atoms in total. The number of rotatable bonds is 4. The Balaban J connectivity index is 2.31. The average molecular weight is 353 g/mol. The van der Waals surface area contributed by atoms with Crippen molar-refractivity contribution in [2.75, 3.05) is 0 Å². The number of amides is 2. The standard InChI is InChI=1S/C12H9BrN4O4/c13-7-1-3-9(10(5-7)17(19)20)11-4-2-8(21-11)6-15-16-12(14)18/h1-6H,(H3,14,16,18). The Morgan fingerprint density at radius 1 is 1.43 bits per heavy atom. The van der Waals surface area contributed by atoms with Crippen molar-refractivity contribution < 1.29 is 14.1 Å². The molecule has 108 valence electrons. The van der Waals surface area contributed by atoms with Crippen LogP contribution in [0.4, 0.5) is 10.5 Å². The van der Waals surface area contributed by atoms with Crippen LogP contribution in [-0.4, -0.2) is 17.2 Å². The van der Waals surface area contributed by atoms with E-state index in [2.05, 4.69) is 21.0 Å². The zero-order valence-corrected chi connectivity index (χ0v) is 12.0. The number of nitro groups is 1. The molecule has 2 rings (SSSR count). The van der Waals surface area contributed by atoms with Crippen LogP contribution in [0.15, 0.2) is 44.3 Å². The Morgan fingerprint density at radius 2 is 2.19 bits per heavy atom. The van der Waals surface area contributed by atoms with E-state index in [1.807, 2.05) is 5.43 Å². The molecule has 0 spiro atoms. The van der Waals surface area contributed by atoms with E-state index in [0.717, 1.165) is 0 Å². The summed E-state index contributed by atoms with van der Waals surface area (Å²) < 4.78 is 6.02. The van der Waals surface area contributed by atoms with Crippen molar-refractivity contribution in [3.8, 4) is 11.3 Å². The van der Waals surface area contributed by atoms with Gasteiger partial charge in [-0.15, -0.1) is 0 Å². The molecule has 1 aromatic heterocycles. The summed E-state index contributed by atoms with van der Waals surface area (Å²) in [6.45, 7) is 0. The molecule has 0 bridgehead atoms. The van der Waals surface area contributed by atoms with Crippen molar-refractivity contribution in [2.24, 2.45) is 10.8 Å². The van der Waals surface area contributed by atoms with Crippen LogP contribution >= 0.6 is 15.9 Å². The Hall–Kier alpha value is -2.68. The lowest BCUT2D eigenvalue weighted by atomic mass is 10.1. The fraction of sp³-hybridized carbons (Fsp3) is 0. The Kier molecular flexibility index (Phi) is 4.33. The van der Waals surface area contributed by atoms with Crippen molar-refractivity contribution >= 4 is 33.9 Å². The van der Waals surface area contributed by atoms with E-state index in [1.165, 1.54) is 12.3 Å². The first kappa shape index (κ1) is 14.7. The number of hydrogen-bond acceptors (Lipinski definition) is 5. The van der Waals surface area contributed by atoms with Gasteiger partial charge >= 0.3 is 6.03 Å². The predicted molar refractivity (Wildman–Crippen MR) is 78.8 cm³/mol. The molecule has 0 atom stereocenters. The number of nitrogens with two attached hydrogens (primary N) is 1. The maximum atomic E-state index is 11.1. The maximum Gasteiger partial charge on any atom is 0.332 e. The molecule has 0 aliphatic heterocycles. The van der Waals surface area contributed by atoms with Crippen LogP contribution in [-0.2, 0) is 0 Å². The molecule has 0 fully saturated rings.